The summed E-state index contributed by atoms with van der Waals surface area (Å²) in [6.07, 6.45) is 0. The normalized spacial score (nSPS) is 10.9. The molecule has 0 aliphatic rings. The molecule has 1 aromatic heterocycles. The van der Waals surface area contributed by atoms with Crippen LogP contribution in [0, 0.1) is 0 Å². The van der Waals surface area contributed by atoms with Crippen molar-refractivity contribution in [2.24, 2.45) is 0 Å². The first-order valence-electron chi connectivity index (χ1n) is 7.32. The maximum atomic E-state index is 12.4. The van der Waals surface area contributed by atoms with Crippen LogP contribution in [-0.2, 0) is 0 Å². The molecule has 134 valence electrons. The number of Topliss-reactive ketones (excluding diaryl/α,β-unsaturated/α-hetero) is 1. The molecule has 0 unspecified atom stereocenters. The fraction of sp³-hybridized carbons (Fsp3) is 0.118. The lowest BCUT2D eigenvalue weighted by molar-refractivity contribution is -0.0501. The largest absolute Gasteiger partial charge is 0.434 e. The van der Waals surface area contributed by atoms with Gasteiger partial charge < -0.3 is 9.15 Å². The van der Waals surface area contributed by atoms with Crippen molar-refractivity contribution in [3.05, 3.63) is 59.1 Å². The van der Waals surface area contributed by atoms with Crippen LogP contribution in [0.3, 0.4) is 0 Å². The number of benzene rings is 2. The van der Waals surface area contributed by atoms with E-state index in [1.165, 1.54) is 18.2 Å². The van der Waals surface area contributed by atoms with E-state index in [1.54, 1.807) is 30.3 Å². The number of ether oxygens (including phenoxy) is 1. The van der Waals surface area contributed by atoms with E-state index in [1.807, 2.05) is 0 Å². The third-order valence-corrected chi connectivity index (χ3v) is 4.30. The molecule has 0 saturated heterocycles. The summed E-state index contributed by atoms with van der Waals surface area (Å²) < 4.78 is 34.7. The molecule has 0 atom stereocenters. The first-order chi connectivity index (χ1) is 12.5. The van der Waals surface area contributed by atoms with Crippen molar-refractivity contribution in [3.63, 3.8) is 0 Å². The van der Waals surface area contributed by atoms with Gasteiger partial charge in [-0.1, -0.05) is 35.5 Å². The van der Waals surface area contributed by atoms with Crippen molar-refractivity contribution in [3.8, 4) is 17.2 Å². The maximum absolute atomic E-state index is 12.4. The van der Waals surface area contributed by atoms with E-state index in [0.29, 0.717) is 10.6 Å². The number of aromatic nitrogens is 2. The number of para-hydroxylation sites is 1. The van der Waals surface area contributed by atoms with Gasteiger partial charge in [0, 0.05) is 10.6 Å². The molecule has 0 amide bonds. The van der Waals surface area contributed by atoms with Crippen LogP contribution in [0.25, 0.3) is 11.5 Å². The second-order valence-corrected chi connectivity index (χ2v) is 6.33. The SMILES string of the molecule is O=C(CSc1nnc(-c2ccc(Cl)cc2)o1)c1ccccc1OC(F)F. The van der Waals surface area contributed by atoms with E-state index in [-0.39, 0.29) is 28.2 Å². The van der Waals surface area contributed by atoms with Crippen LogP contribution in [0.15, 0.2) is 58.2 Å². The number of rotatable bonds is 7. The maximum Gasteiger partial charge on any atom is 0.387 e. The first-order valence-corrected chi connectivity index (χ1v) is 8.68. The lowest BCUT2D eigenvalue weighted by Gasteiger charge is -2.08. The standard InChI is InChI=1S/C17H11ClF2N2O3S/c18-11-7-5-10(6-8-11)15-21-22-17(25-15)26-9-13(23)12-3-1-2-4-14(12)24-16(19)20/h1-8,16H,9H2. The highest BCUT2D eigenvalue weighted by atomic mass is 35.5. The summed E-state index contributed by atoms with van der Waals surface area (Å²) in [5, 5.41) is 8.54. The third kappa shape index (κ3) is 4.59. The minimum Gasteiger partial charge on any atom is -0.434 e. The summed E-state index contributed by atoms with van der Waals surface area (Å²) in [6.45, 7) is -3.01. The number of carbonyl (C=O) groups is 1. The lowest BCUT2D eigenvalue weighted by atomic mass is 10.1. The molecule has 0 saturated carbocycles. The Morgan fingerprint density at radius 1 is 1.15 bits per heavy atom. The summed E-state index contributed by atoms with van der Waals surface area (Å²) in [5.74, 6) is -0.331. The highest BCUT2D eigenvalue weighted by molar-refractivity contribution is 7.99. The summed E-state index contributed by atoms with van der Waals surface area (Å²) in [6, 6.07) is 12.7. The van der Waals surface area contributed by atoms with Crippen molar-refractivity contribution < 1.29 is 22.7 Å². The quantitative estimate of drug-likeness (QED) is 0.415. The molecule has 3 rings (SSSR count). The Kier molecular flexibility index (Phi) is 5.85. The van der Waals surface area contributed by atoms with Crippen molar-refractivity contribution in [2.45, 2.75) is 11.8 Å². The third-order valence-electron chi connectivity index (χ3n) is 3.23. The molecule has 0 spiro atoms. The molecule has 0 radical (unpaired) electrons. The Bertz CT molecular complexity index is 903. The van der Waals surface area contributed by atoms with Gasteiger partial charge >= 0.3 is 6.61 Å². The van der Waals surface area contributed by atoms with Crippen molar-refractivity contribution in [1.29, 1.82) is 0 Å². The molecule has 26 heavy (non-hydrogen) atoms. The van der Waals surface area contributed by atoms with Crippen LogP contribution in [0.5, 0.6) is 5.75 Å². The summed E-state index contributed by atoms with van der Waals surface area (Å²) >= 11 is 6.84. The number of ketones is 1. The van der Waals surface area contributed by atoms with Gasteiger partial charge in [0.05, 0.1) is 11.3 Å². The summed E-state index contributed by atoms with van der Waals surface area (Å²) in [4.78, 5) is 12.3. The van der Waals surface area contributed by atoms with Crippen LogP contribution < -0.4 is 4.74 Å². The number of alkyl halides is 2. The van der Waals surface area contributed by atoms with Crippen LogP contribution in [0.1, 0.15) is 10.4 Å². The number of carbonyl (C=O) groups excluding carboxylic acids is 1. The van der Waals surface area contributed by atoms with Gasteiger partial charge in [0.15, 0.2) is 5.78 Å². The van der Waals surface area contributed by atoms with E-state index in [0.717, 1.165) is 11.8 Å². The monoisotopic (exact) mass is 396 g/mol. The van der Waals surface area contributed by atoms with Crippen LogP contribution >= 0.6 is 23.4 Å². The van der Waals surface area contributed by atoms with Crippen molar-refractivity contribution in [1.82, 2.24) is 10.2 Å². The van der Waals surface area contributed by atoms with E-state index in [2.05, 4.69) is 14.9 Å². The van der Waals surface area contributed by atoms with Gasteiger partial charge in [-0.15, -0.1) is 10.2 Å². The molecule has 0 N–H and O–H groups in total. The Hall–Kier alpha value is -2.45. The highest BCUT2D eigenvalue weighted by Crippen LogP contribution is 2.27. The number of hydrogen-bond acceptors (Lipinski definition) is 6. The zero-order chi connectivity index (χ0) is 18.5. The molecule has 2 aromatic carbocycles. The molecule has 0 bridgehead atoms. The van der Waals surface area contributed by atoms with Gasteiger partial charge in [-0.25, -0.2) is 0 Å². The predicted octanol–water partition coefficient (Wildman–Crippen LogP) is 4.97. The summed E-state index contributed by atoms with van der Waals surface area (Å²) in [7, 11) is 0. The highest BCUT2D eigenvalue weighted by Gasteiger charge is 2.17. The zero-order valence-corrected chi connectivity index (χ0v) is 14.6. The minimum absolute atomic E-state index is 0.0636. The van der Waals surface area contributed by atoms with Gasteiger partial charge in [-0.2, -0.15) is 8.78 Å². The molecule has 0 aliphatic heterocycles. The summed E-state index contributed by atoms with van der Waals surface area (Å²) in [5.41, 5.74) is 0.758. The number of halogens is 3. The molecule has 1 heterocycles. The fourth-order valence-corrected chi connectivity index (χ4v) is 2.85. The van der Waals surface area contributed by atoms with E-state index >= 15 is 0 Å². The van der Waals surface area contributed by atoms with Gasteiger partial charge in [0.25, 0.3) is 5.22 Å². The Labute approximate surface area is 156 Å². The lowest BCUT2D eigenvalue weighted by Crippen LogP contribution is -2.09. The Balaban J connectivity index is 1.66. The van der Waals surface area contributed by atoms with Gasteiger partial charge in [0.1, 0.15) is 5.75 Å². The average molecular weight is 397 g/mol. The van der Waals surface area contributed by atoms with E-state index in [4.69, 9.17) is 16.0 Å². The van der Waals surface area contributed by atoms with E-state index in [9.17, 15) is 13.6 Å². The first kappa shape index (κ1) is 18.3. The van der Waals surface area contributed by atoms with Gasteiger partial charge in [-0.05, 0) is 36.4 Å². The topological polar surface area (TPSA) is 65.2 Å². The molecular weight excluding hydrogens is 386 g/mol. The smallest absolute Gasteiger partial charge is 0.387 e. The Morgan fingerprint density at radius 3 is 2.62 bits per heavy atom. The van der Waals surface area contributed by atoms with E-state index < -0.39 is 12.4 Å². The molecule has 5 nitrogen and oxygen atoms in total. The van der Waals surface area contributed by atoms with Crippen molar-refractivity contribution in [2.75, 3.05) is 5.75 Å². The van der Waals surface area contributed by atoms with Gasteiger partial charge in [0.2, 0.25) is 5.89 Å². The minimum atomic E-state index is -3.01. The molecule has 0 fully saturated rings. The Morgan fingerprint density at radius 2 is 1.88 bits per heavy atom. The fourth-order valence-electron chi connectivity index (χ4n) is 2.08. The molecule has 0 aliphatic carbocycles. The number of thioether (sulfide) groups is 1. The molecular formula is C17H11ClF2N2O3S. The average Bonchev–Trinajstić information content (AvgIpc) is 3.09. The van der Waals surface area contributed by atoms with Crippen LogP contribution in [-0.4, -0.2) is 28.3 Å². The number of hydrogen-bond donors (Lipinski definition) is 0. The second kappa shape index (κ2) is 8.29. The molecule has 3 aromatic rings. The van der Waals surface area contributed by atoms with Crippen molar-refractivity contribution >= 4 is 29.1 Å². The van der Waals surface area contributed by atoms with Gasteiger partial charge in [-0.3, -0.25) is 4.79 Å². The van der Waals surface area contributed by atoms with Crippen LogP contribution in [0.2, 0.25) is 5.02 Å². The molecule has 9 heteroatoms. The second-order valence-electron chi connectivity index (χ2n) is 4.97. The zero-order valence-electron chi connectivity index (χ0n) is 13.1. The predicted molar refractivity (Wildman–Crippen MR) is 92.9 cm³/mol. The number of nitrogens with zero attached hydrogens (tertiary/aromatic N) is 2. The van der Waals surface area contributed by atoms with Crippen LogP contribution in [0.4, 0.5) is 8.78 Å².